The van der Waals surface area contributed by atoms with Gasteiger partial charge in [0, 0.05) is 52.5 Å². The molecule has 0 atom stereocenters. The first-order valence-corrected chi connectivity index (χ1v) is 10.7. The van der Waals surface area contributed by atoms with Gasteiger partial charge in [-0.25, -0.2) is 4.98 Å². The molecule has 2 heterocycles. The molecule has 0 aliphatic carbocycles. The predicted molar refractivity (Wildman–Crippen MR) is 122 cm³/mol. The van der Waals surface area contributed by atoms with Gasteiger partial charge < -0.3 is 20.4 Å². The van der Waals surface area contributed by atoms with Gasteiger partial charge in [-0.15, -0.1) is 0 Å². The van der Waals surface area contributed by atoms with Gasteiger partial charge >= 0.3 is 0 Å². The molecule has 0 unspecified atom stereocenters. The molecule has 6 heteroatoms. The number of guanidine groups is 1. The summed E-state index contributed by atoms with van der Waals surface area (Å²) in [5, 5.41) is 6.76. The molecule has 2 N–H and O–H groups in total. The number of hydrogen-bond donors (Lipinski definition) is 2. The predicted octanol–water partition coefficient (Wildman–Crippen LogP) is 2.52. The minimum Gasteiger partial charge on any atom is -0.356 e. The van der Waals surface area contributed by atoms with Crippen molar-refractivity contribution in [1.82, 2.24) is 20.5 Å². The molecule has 1 fully saturated rings. The minimum absolute atomic E-state index is 0.718. The smallest absolute Gasteiger partial charge is 0.191 e. The van der Waals surface area contributed by atoms with Crippen molar-refractivity contribution in [3.05, 3.63) is 59.8 Å². The zero-order valence-corrected chi connectivity index (χ0v) is 17.8. The Hall–Kier alpha value is -2.60. The number of likely N-dealkylation sites (N-methyl/N-ethyl adjacent to an activating group) is 1. The standard InChI is InChI=1S/C23H34N6/c1-3-28-14-16-29(17-15-28)22-12-11-21(18-26-22)19-27-23(24-2)25-13-7-10-20-8-5-4-6-9-20/h4-6,8-9,11-12,18H,3,7,10,13-17,19H2,1-2H3,(H2,24,25,27). The molecular weight excluding hydrogens is 360 g/mol. The van der Waals surface area contributed by atoms with Crippen LogP contribution in [0.3, 0.4) is 0 Å². The van der Waals surface area contributed by atoms with Crippen molar-refractivity contribution < 1.29 is 0 Å². The van der Waals surface area contributed by atoms with Crippen LogP contribution in [-0.4, -0.2) is 62.2 Å². The van der Waals surface area contributed by atoms with Gasteiger partial charge in [0.25, 0.3) is 0 Å². The van der Waals surface area contributed by atoms with E-state index in [-0.39, 0.29) is 0 Å². The number of hydrogen-bond acceptors (Lipinski definition) is 4. The lowest BCUT2D eigenvalue weighted by atomic mass is 10.1. The number of nitrogens with zero attached hydrogens (tertiary/aromatic N) is 4. The van der Waals surface area contributed by atoms with Crippen LogP contribution in [0.2, 0.25) is 0 Å². The summed E-state index contributed by atoms with van der Waals surface area (Å²) in [6, 6.07) is 14.9. The summed E-state index contributed by atoms with van der Waals surface area (Å²) in [4.78, 5) is 13.8. The fraction of sp³-hybridized carbons (Fsp3) is 0.478. The van der Waals surface area contributed by atoms with Crippen molar-refractivity contribution in [2.24, 2.45) is 4.99 Å². The van der Waals surface area contributed by atoms with Crippen molar-refractivity contribution in [2.75, 3.05) is 51.2 Å². The highest BCUT2D eigenvalue weighted by Gasteiger charge is 2.16. The van der Waals surface area contributed by atoms with Crippen LogP contribution in [0, 0.1) is 0 Å². The van der Waals surface area contributed by atoms with E-state index in [0.717, 1.165) is 76.0 Å². The lowest BCUT2D eigenvalue weighted by Gasteiger charge is -2.34. The first-order valence-electron chi connectivity index (χ1n) is 10.7. The Morgan fingerprint density at radius 2 is 1.79 bits per heavy atom. The number of aryl methyl sites for hydroxylation is 1. The highest BCUT2D eigenvalue weighted by atomic mass is 15.3. The number of rotatable bonds is 8. The quantitative estimate of drug-likeness (QED) is 0.409. The fourth-order valence-electron chi connectivity index (χ4n) is 3.55. The maximum atomic E-state index is 4.67. The van der Waals surface area contributed by atoms with Crippen LogP contribution in [0.4, 0.5) is 5.82 Å². The Morgan fingerprint density at radius 3 is 2.45 bits per heavy atom. The summed E-state index contributed by atoms with van der Waals surface area (Å²) in [5.74, 6) is 1.91. The lowest BCUT2D eigenvalue weighted by molar-refractivity contribution is 0.270. The molecule has 1 saturated heterocycles. The first kappa shape index (κ1) is 21.1. The molecule has 1 aromatic heterocycles. The third-order valence-electron chi connectivity index (χ3n) is 5.41. The van der Waals surface area contributed by atoms with Crippen LogP contribution in [-0.2, 0) is 13.0 Å². The summed E-state index contributed by atoms with van der Waals surface area (Å²) in [6.45, 7) is 9.32. The van der Waals surface area contributed by atoms with Crippen LogP contribution in [0.5, 0.6) is 0 Å². The Bertz CT molecular complexity index is 736. The maximum Gasteiger partial charge on any atom is 0.191 e. The van der Waals surface area contributed by atoms with E-state index in [1.165, 1.54) is 5.56 Å². The second-order valence-corrected chi connectivity index (χ2v) is 7.39. The van der Waals surface area contributed by atoms with Crippen molar-refractivity contribution in [2.45, 2.75) is 26.3 Å². The van der Waals surface area contributed by atoms with Gasteiger partial charge in [0.15, 0.2) is 5.96 Å². The molecule has 29 heavy (non-hydrogen) atoms. The summed E-state index contributed by atoms with van der Waals surface area (Å²) < 4.78 is 0. The topological polar surface area (TPSA) is 55.8 Å². The summed E-state index contributed by atoms with van der Waals surface area (Å²) in [5.41, 5.74) is 2.53. The molecule has 0 saturated carbocycles. The molecule has 1 aromatic carbocycles. The third-order valence-corrected chi connectivity index (χ3v) is 5.41. The summed E-state index contributed by atoms with van der Waals surface area (Å²) >= 11 is 0. The zero-order valence-electron chi connectivity index (χ0n) is 17.8. The van der Waals surface area contributed by atoms with Crippen LogP contribution >= 0.6 is 0 Å². The van der Waals surface area contributed by atoms with E-state index < -0.39 is 0 Å². The number of nitrogens with one attached hydrogen (secondary N) is 2. The molecular formula is C23H34N6. The SMILES string of the molecule is CCN1CCN(c2ccc(CNC(=NC)NCCCc3ccccc3)cn2)CC1. The van der Waals surface area contributed by atoms with Gasteiger partial charge in [-0.1, -0.05) is 43.3 Å². The van der Waals surface area contributed by atoms with Crippen molar-refractivity contribution >= 4 is 11.8 Å². The van der Waals surface area contributed by atoms with E-state index in [2.05, 4.69) is 79.8 Å². The van der Waals surface area contributed by atoms with Gasteiger partial charge in [0.2, 0.25) is 0 Å². The normalized spacial score (nSPS) is 15.4. The molecule has 2 aromatic rings. The van der Waals surface area contributed by atoms with Gasteiger partial charge in [-0.05, 0) is 36.6 Å². The molecule has 3 rings (SSSR count). The van der Waals surface area contributed by atoms with Crippen LogP contribution < -0.4 is 15.5 Å². The number of piperazine rings is 1. The number of aromatic nitrogens is 1. The lowest BCUT2D eigenvalue weighted by Crippen LogP contribution is -2.46. The van der Waals surface area contributed by atoms with Crippen LogP contribution in [0.25, 0.3) is 0 Å². The van der Waals surface area contributed by atoms with E-state index in [0.29, 0.717) is 0 Å². The third kappa shape index (κ3) is 6.75. The molecule has 0 spiro atoms. The van der Waals surface area contributed by atoms with E-state index in [4.69, 9.17) is 0 Å². The van der Waals surface area contributed by atoms with E-state index in [9.17, 15) is 0 Å². The summed E-state index contributed by atoms with van der Waals surface area (Å²) in [7, 11) is 1.81. The van der Waals surface area contributed by atoms with E-state index in [1.54, 1.807) is 0 Å². The average molecular weight is 395 g/mol. The van der Waals surface area contributed by atoms with E-state index >= 15 is 0 Å². The Balaban J connectivity index is 1.38. The number of anilines is 1. The minimum atomic E-state index is 0.718. The summed E-state index contributed by atoms with van der Waals surface area (Å²) in [6.07, 6.45) is 4.12. The maximum absolute atomic E-state index is 4.67. The first-order chi connectivity index (χ1) is 14.3. The molecule has 0 radical (unpaired) electrons. The van der Waals surface area contributed by atoms with Gasteiger partial charge in [-0.2, -0.15) is 0 Å². The second kappa shape index (κ2) is 11.4. The average Bonchev–Trinajstić information content (AvgIpc) is 2.80. The highest BCUT2D eigenvalue weighted by Crippen LogP contribution is 2.14. The molecule has 0 amide bonds. The van der Waals surface area contributed by atoms with Crippen molar-refractivity contribution in [1.29, 1.82) is 0 Å². The molecule has 1 aliphatic heterocycles. The van der Waals surface area contributed by atoms with Crippen LogP contribution in [0.1, 0.15) is 24.5 Å². The van der Waals surface area contributed by atoms with E-state index in [1.807, 2.05) is 13.2 Å². The Kier molecular flexibility index (Phi) is 8.31. The Labute approximate surface area is 175 Å². The van der Waals surface area contributed by atoms with Gasteiger partial charge in [0.1, 0.15) is 5.82 Å². The fourth-order valence-corrected chi connectivity index (χ4v) is 3.55. The monoisotopic (exact) mass is 394 g/mol. The highest BCUT2D eigenvalue weighted by molar-refractivity contribution is 5.79. The largest absolute Gasteiger partial charge is 0.356 e. The van der Waals surface area contributed by atoms with Gasteiger partial charge in [0.05, 0.1) is 0 Å². The second-order valence-electron chi connectivity index (χ2n) is 7.39. The number of pyridine rings is 1. The van der Waals surface area contributed by atoms with Gasteiger partial charge in [-0.3, -0.25) is 4.99 Å². The molecule has 156 valence electrons. The Morgan fingerprint density at radius 1 is 1.00 bits per heavy atom. The van der Waals surface area contributed by atoms with Crippen molar-refractivity contribution in [3.8, 4) is 0 Å². The molecule has 6 nitrogen and oxygen atoms in total. The molecule has 1 aliphatic rings. The zero-order chi connectivity index (χ0) is 20.3. The number of aliphatic imine (C=N–C) groups is 1. The van der Waals surface area contributed by atoms with Crippen LogP contribution in [0.15, 0.2) is 53.7 Å². The number of benzene rings is 1. The molecule has 0 bridgehead atoms. The van der Waals surface area contributed by atoms with Crippen molar-refractivity contribution in [3.63, 3.8) is 0 Å².